The predicted octanol–water partition coefficient (Wildman–Crippen LogP) is 3.47. The molecule has 0 bridgehead atoms. The molecule has 0 amide bonds. The van der Waals surface area contributed by atoms with Crippen molar-refractivity contribution in [2.24, 2.45) is 0 Å². The summed E-state index contributed by atoms with van der Waals surface area (Å²) in [5.41, 5.74) is 1.20. The van der Waals surface area contributed by atoms with Crippen molar-refractivity contribution < 1.29 is 0 Å². The van der Waals surface area contributed by atoms with Crippen molar-refractivity contribution in [1.82, 2.24) is 10.3 Å². The first-order valence-corrected chi connectivity index (χ1v) is 6.62. The second-order valence-electron chi connectivity index (χ2n) is 4.33. The lowest BCUT2D eigenvalue weighted by Crippen LogP contribution is -2.36. The summed E-state index contributed by atoms with van der Waals surface area (Å²) in [6.45, 7) is 6.55. The zero-order valence-electron chi connectivity index (χ0n) is 10.3. The molecule has 0 aromatic carbocycles. The highest BCUT2D eigenvalue weighted by Gasteiger charge is 2.26. The largest absolute Gasteiger partial charge is 0.309 e. The monoisotopic (exact) mass is 226 g/mol. The van der Waals surface area contributed by atoms with Gasteiger partial charge in [0.2, 0.25) is 0 Å². The molecular weight excluding hydrogens is 204 g/mol. The van der Waals surface area contributed by atoms with E-state index in [0.29, 0.717) is 0 Å². The van der Waals surface area contributed by atoms with E-state index in [1.54, 1.807) is 11.3 Å². The van der Waals surface area contributed by atoms with Crippen LogP contribution in [0.5, 0.6) is 0 Å². The molecule has 1 atom stereocenters. The first-order valence-electron chi connectivity index (χ1n) is 5.74. The third-order valence-electron chi connectivity index (χ3n) is 2.92. The molecule has 1 N–H and O–H groups in total. The molecule has 0 spiro atoms. The predicted molar refractivity (Wildman–Crippen MR) is 67.4 cm³/mol. The van der Waals surface area contributed by atoms with Crippen molar-refractivity contribution >= 4 is 11.3 Å². The van der Waals surface area contributed by atoms with Crippen LogP contribution in [0.15, 0.2) is 5.38 Å². The molecule has 0 saturated heterocycles. The molecule has 0 aliphatic carbocycles. The van der Waals surface area contributed by atoms with Crippen molar-refractivity contribution in [2.75, 3.05) is 7.05 Å². The second-order valence-corrected chi connectivity index (χ2v) is 5.19. The molecule has 1 aromatic heterocycles. The number of aromatic nitrogens is 1. The van der Waals surface area contributed by atoms with Crippen LogP contribution in [0.1, 0.15) is 50.2 Å². The number of thiazole rings is 1. The molecule has 1 heterocycles. The fraction of sp³-hybridized carbons (Fsp3) is 0.750. The van der Waals surface area contributed by atoms with Gasteiger partial charge in [0.15, 0.2) is 0 Å². The van der Waals surface area contributed by atoms with E-state index in [2.05, 4.69) is 36.5 Å². The number of nitrogens with zero attached hydrogens (tertiary/aromatic N) is 1. The molecule has 0 radical (unpaired) electrons. The smallest absolute Gasteiger partial charge is 0.113 e. The number of hydrogen-bond donors (Lipinski definition) is 1. The Bertz CT molecular complexity index is 296. The minimum absolute atomic E-state index is 0.0636. The SMILES string of the molecule is CCCCCC(C)(NC)c1nc(C)cs1. The summed E-state index contributed by atoms with van der Waals surface area (Å²) in [6.07, 6.45) is 5.02. The highest BCUT2D eigenvalue weighted by Crippen LogP contribution is 2.29. The maximum absolute atomic E-state index is 4.59. The van der Waals surface area contributed by atoms with E-state index in [4.69, 9.17) is 0 Å². The first-order chi connectivity index (χ1) is 7.12. The van der Waals surface area contributed by atoms with Gasteiger partial charge in [-0.05, 0) is 27.3 Å². The Labute approximate surface area is 97.1 Å². The van der Waals surface area contributed by atoms with Gasteiger partial charge in [0.05, 0.1) is 5.54 Å². The normalized spacial score (nSPS) is 15.2. The van der Waals surface area contributed by atoms with Crippen molar-refractivity contribution in [2.45, 2.75) is 52.0 Å². The average molecular weight is 226 g/mol. The van der Waals surface area contributed by atoms with E-state index in [1.807, 2.05) is 7.05 Å². The van der Waals surface area contributed by atoms with E-state index < -0.39 is 0 Å². The summed E-state index contributed by atoms with van der Waals surface area (Å²) < 4.78 is 0. The number of nitrogens with one attached hydrogen (secondary N) is 1. The van der Waals surface area contributed by atoms with Crippen LogP contribution in [0, 0.1) is 6.92 Å². The van der Waals surface area contributed by atoms with E-state index in [9.17, 15) is 0 Å². The van der Waals surface area contributed by atoms with Gasteiger partial charge in [0, 0.05) is 11.1 Å². The summed E-state index contributed by atoms with van der Waals surface area (Å²) in [5.74, 6) is 0. The molecule has 15 heavy (non-hydrogen) atoms. The van der Waals surface area contributed by atoms with Gasteiger partial charge in [0.1, 0.15) is 5.01 Å². The summed E-state index contributed by atoms with van der Waals surface area (Å²) in [4.78, 5) is 4.59. The molecule has 0 aliphatic rings. The van der Waals surface area contributed by atoms with E-state index in [-0.39, 0.29) is 5.54 Å². The van der Waals surface area contributed by atoms with Crippen molar-refractivity contribution in [3.05, 3.63) is 16.1 Å². The number of rotatable bonds is 6. The summed E-state index contributed by atoms with van der Waals surface area (Å²) in [7, 11) is 2.03. The van der Waals surface area contributed by atoms with E-state index in [1.165, 1.54) is 30.7 Å². The third kappa shape index (κ3) is 3.28. The molecule has 1 rings (SSSR count). The van der Waals surface area contributed by atoms with Crippen molar-refractivity contribution in [3.8, 4) is 0 Å². The third-order valence-corrected chi connectivity index (χ3v) is 4.15. The molecule has 1 unspecified atom stereocenters. The van der Waals surface area contributed by atoms with Gasteiger partial charge in [-0.25, -0.2) is 4.98 Å². The number of aryl methyl sites for hydroxylation is 1. The second kappa shape index (κ2) is 5.61. The van der Waals surface area contributed by atoms with Crippen LogP contribution in [0.2, 0.25) is 0 Å². The van der Waals surface area contributed by atoms with Crippen LogP contribution < -0.4 is 5.32 Å². The van der Waals surface area contributed by atoms with Gasteiger partial charge in [-0.15, -0.1) is 11.3 Å². The maximum Gasteiger partial charge on any atom is 0.113 e. The van der Waals surface area contributed by atoms with Gasteiger partial charge in [-0.1, -0.05) is 26.2 Å². The van der Waals surface area contributed by atoms with Crippen LogP contribution in [-0.2, 0) is 5.54 Å². The lowest BCUT2D eigenvalue weighted by molar-refractivity contribution is 0.352. The first kappa shape index (κ1) is 12.7. The van der Waals surface area contributed by atoms with Gasteiger partial charge < -0.3 is 5.32 Å². The summed E-state index contributed by atoms with van der Waals surface area (Å²) in [5, 5.41) is 6.77. The Morgan fingerprint density at radius 1 is 1.47 bits per heavy atom. The Balaban J connectivity index is 2.67. The number of hydrogen-bond acceptors (Lipinski definition) is 3. The van der Waals surface area contributed by atoms with Crippen molar-refractivity contribution in [1.29, 1.82) is 0 Å². The van der Waals surface area contributed by atoms with Crippen LogP contribution in [0.25, 0.3) is 0 Å². The highest BCUT2D eigenvalue weighted by atomic mass is 32.1. The molecule has 1 aromatic rings. The zero-order valence-corrected chi connectivity index (χ0v) is 11.1. The van der Waals surface area contributed by atoms with Crippen LogP contribution in [0.4, 0.5) is 0 Å². The minimum atomic E-state index is 0.0636. The topological polar surface area (TPSA) is 24.9 Å². The standard InChI is InChI=1S/C12H22N2S/c1-5-6-7-8-12(3,13-4)11-14-10(2)9-15-11/h9,13H,5-8H2,1-4H3. The summed E-state index contributed by atoms with van der Waals surface area (Å²) in [6, 6.07) is 0. The van der Waals surface area contributed by atoms with Crippen LogP contribution in [0.3, 0.4) is 0 Å². The highest BCUT2D eigenvalue weighted by molar-refractivity contribution is 7.09. The lowest BCUT2D eigenvalue weighted by Gasteiger charge is -2.26. The Morgan fingerprint density at radius 3 is 2.67 bits per heavy atom. The average Bonchev–Trinajstić information content (AvgIpc) is 2.65. The van der Waals surface area contributed by atoms with E-state index in [0.717, 1.165) is 5.69 Å². The Hall–Kier alpha value is -0.410. The number of unbranched alkanes of at least 4 members (excludes halogenated alkanes) is 2. The Morgan fingerprint density at radius 2 is 2.20 bits per heavy atom. The van der Waals surface area contributed by atoms with E-state index >= 15 is 0 Å². The quantitative estimate of drug-likeness (QED) is 0.751. The fourth-order valence-corrected chi connectivity index (χ4v) is 2.67. The fourth-order valence-electron chi connectivity index (χ4n) is 1.67. The summed E-state index contributed by atoms with van der Waals surface area (Å²) >= 11 is 1.77. The van der Waals surface area contributed by atoms with Gasteiger partial charge in [-0.2, -0.15) is 0 Å². The Kier molecular flexibility index (Phi) is 4.74. The van der Waals surface area contributed by atoms with Gasteiger partial charge >= 0.3 is 0 Å². The maximum atomic E-state index is 4.59. The molecule has 0 aliphatic heterocycles. The van der Waals surface area contributed by atoms with Gasteiger partial charge in [0.25, 0.3) is 0 Å². The lowest BCUT2D eigenvalue weighted by atomic mass is 9.95. The molecule has 86 valence electrons. The van der Waals surface area contributed by atoms with Gasteiger partial charge in [-0.3, -0.25) is 0 Å². The molecule has 3 heteroatoms. The molecule has 0 fully saturated rings. The zero-order chi connectivity index (χ0) is 11.3. The van der Waals surface area contributed by atoms with Crippen LogP contribution in [-0.4, -0.2) is 12.0 Å². The minimum Gasteiger partial charge on any atom is -0.309 e. The molecule has 2 nitrogen and oxygen atoms in total. The van der Waals surface area contributed by atoms with Crippen molar-refractivity contribution in [3.63, 3.8) is 0 Å². The molecule has 0 saturated carbocycles. The molecular formula is C12H22N2S. The van der Waals surface area contributed by atoms with Crippen LogP contribution >= 0.6 is 11.3 Å².